The molecule has 0 radical (unpaired) electrons. The molecule has 0 unspecified atom stereocenters. The van der Waals surface area contributed by atoms with Gasteiger partial charge < -0.3 is 20.1 Å². The van der Waals surface area contributed by atoms with Gasteiger partial charge in [-0.3, -0.25) is 4.79 Å². The molecule has 0 saturated heterocycles. The van der Waals surface area contributed by atoms with Crippen LogP contribution < -0.4 is 10.6 Å². The minimum absolute atomic E-state index is 0.0385. The van der Waals surface area contributed by atoms with E-state index in [1.165, 1.54) is 0 Å². The summed E-state index contributed by atoms with van der Waals surface area (Å²) in [6, 6.07) is 0. The molecule has 2 amide bonds. The Bertz CT molecular complexity index is 436. The van der Waals surface area contributed by atoms with Crippen LogP contribution in [0, 0.1) is 5.92 Å². The van der Waals surface area contributed by atoms with Crippen LogP contribution >= 0.6 is 0 Å². The molecule has 6 heteroatoms. The van der Waals surface area contributed by atoms with E-state index in [1.54, 1.807) is 0 Å². The van der Waals surface area contributed by atoms with Gasteiger partial charge in [-0.2, -0.15) is 0 Å². The predicted molar refractivity (Wildman–Crippen MR) is 103 cm³/mol. The summed E-state index contributed by atoms with van der Waals surface area (Å²) >= 11 is 0. The first kappa shape index (κ1) is 22.7. The first-order chi connectivity index (χ1) is 12.1. The summed E-state index contributed by atoms with van der Waals surface area (Å²) in [4.78, 5) is 24.4. The lowest BCUT2D eigenvalue weighted by Crippen LogP contribution is -2.56. The smallest absolute Gasteiger partial charge is 0.408 e. The summed E-state index contributed by atoms with van der Waals surface area (Å²) in [6.45, 7) is 11.3. The summed E-state index contributed by atoms with van der Waals surface area (Å²) < 4.78 is 10.9. The van der Waals surface area contributed by atoms with Gasteiger partial charge in [0.1, 0.15) is 5.60 Å². The number of hydrogen-bond donors (Lipinski definition) is 2. The van der Waals surface area contributed by atoms with Crippen molar-refractivity contribution < 1.29 is 19.1 Å². The maximum Gasteiger partial charge on any atom is 0.408 e. The monoisotopic (exact) mass is 370 g/mol. The van der Waals surface area contributed by atoms with E-state index in [-0.39, 0.29) is 5.91 Å². The molecule has 1 saturated carbocycles. The zero-order chi connectivity index (χ0) is 19.6. The largest absolute Gasteiger partial charge is 0.444 e. The first-order valence-corrected chi connectivity index (χ1v) is 9.97. The van der Waals surface area contributed by atoms with Gasteiger partial charge in [-0.15, -0.1) is 0 Å². The van der Waals surface area contributed by atoms with Crippen LogP contribution in [0.4, 0.5) is 4.79 Å². The highest BCUT2D eigenvalue weighted by Gasteiger charge is 2.34. The van der Waals surface area contributed by atoms with Crippen LogP contribution in [0.5, 0.6) is 0 Å². The second kappa shape index (κ2) is 10.8. The van der Waals surface area contributed by atoms with Crippen LogP contribution in [0.25, 0.3) is 0 Å². The predicted octanol–water partition coefficient (Wildman–Crippen LogP) is 3.78. The topological polar surface area (TPSA) is 76.7 Å². The fourth-order valence-electron chi connectivity index (χ4n) is 3.11. The van der Waals surface area contributed by atoms with Gasteiger partial charge in [0.15, 0.2) is 0 Å². The average molecular weight is 371 g/mol. The molecule has 0 aromatic rings. The van der Waals surface area contributed by atoms with E-state index in [1.807, 2.05) is 20.8 Å². The molecule has 26 heavy (non-hydrogen) atoms. The highest BCUT2D eigenvalue weighted by molar-refractivity contribution is 5.76. The maximum absolute atomic E-state index is 12.3. The molecular weight excluding hydrogens is 332 g/mol. The SMILES string of the molecule is CC(C)COCCC(=O)NCC1(NC(=O)OC(C)(C)C)CCCCCC1. The lowest BCUT2D eigenvalue weighted by molar-refractivity contribution is -0.122. The number of carbonyl (C=O) groups excluding carboxylic acids is 2. The Morgan fingerprint density at radius 3 is 2.23 bits per heavy atom. The Hall–Kier alpha value is -1.30. The minimum Gasteiger partial charge on any atom is -0.444 e. The third kappa shape index (κ3) is 10.00. The van der Waals surface area contributed by atoms with Crippen molar-refractivity contribution in [1.29, 1.82) is 0 Å². The number of alkyl carbamates (subject to hydrolysis) is 1. The molecule has 6 nitrogen and oxygen atoms in total. The quantitative estimate of drug-likeness (QED) is 0.503. The molecule has 0 aliphatic heterocycles. The van der Waals surface area contributed by atoms with Crippen LogP contribution in [0.15, 0.2) is 0 Å². The fourth-order valence-corrected chi connectivity index (χ4v) is 3.11. The molecular formula is C20H38N2O4. The highest BCUT2D eigenvalue weighted by Crippen LogP contribution is 2.27. The second-order valence-corrected chi connectivity index (χ2v) is 8.82. The normalized spacial score (nSPS) is 17.5. The Kier molecular flexibility index (Phi) is 9.41. The average Bonchev–Trinajstić information content (AvgIpc) is 2.73. The Morgan fingerprint density at radius 1 is 1.08 bits per heavy atom. The lowest BCUT2D eigenvalue weighted by Gasteiger charge is -2.35. The van der Waals surface area contributed by atoms with Gasteiger partial charge in [0.25, 0.3) is 0 Å². The standard InChI is InChI=1S/C20H38N2O4/c1-16(2)14-25-13-10-17(23)21-15-20(11-8-6-7-9-12-20)22-18(24)26-19(3,4)5/h16H,6-15H2,1-5H3,(H,21,23)(H,22,24). The summed E-state index contributed by atoms with van der Waals surface area (Å²) in [7, 11) is 0. The molecule has 0 atom stereocenters. The summed E-state index contributed by atoms with van der Waals surface area (Å²) in [5, 5.41) is 6.05. The third-order valence-electron chi connectivity index (χ3n) is 4.38. The van der Waals surface area contributed by atoms with Crippen LogP contribution in [0.3, 0.4) is 0 Å². The van der Waals surface area contributed by atoms with Crippen molar-refractivity contribution in [3.8, 4) is 0 Å². The van der Waals surface area contributed by atoms with Crippen LogP contribution in [-0.2, 0) is 14.3 Å². The van der Waals surface area contributed by atoms with Gasteiger partial charge >= 0.3 is 6.09 Å². The van der Waals surface area contributed by atoms with Crippen LogP contribution in [0.2, 0.25) is 0 Å². The number of hydrogen-bond acceptors (Lipinski definition) is 4. The van der Waals surface area contributed by atoms with E-state index in [9.17, 15) is 9.59 Å². The zero-order valence-electron chi connectivity index (χ0n) is 17.3. The van der Waals surface area contributed by atoms with Crippen molar-refractivity contribution in [3.63, 3.8) is 0 Å². The lowest BCUT2D eigenvalue weighted by atomic mass is 9.90. The first-order valence-electron chi connectivity index (χ1n) is 9.97. The molecule has 1 fully saturated rings. The molecule has 0 aromatic carbocycles. The van der Waals surface area contributed by atoms with Crippen LogP contribution in [0.1, 0.15) is 79.6 Å². The molecule has 1 aliphatic rings. The van der Waals surface area contributed by atoms with Crippen molar-refractivity contribution in [3.05, 3.63) is 0 Å². The molecule has 152 valence electrons. The summed E-state index contributed by atoms with van der Waals surface area (Å²) in [5.41, 5.74) is -0.958. The number of amides is 2. The van der Waals surface area contributed by atoms with Gasteiger partial charge in [0.2, 0.25) is 5.91 Å². The minimum atomic E-state index is -0.535. The molecule has 1 rings (SSSR count). The van der Waals surface area contributed by atoms with Crippen molar-refractivity contribution in [1.82, 2.24) is 10.6 Å². The van der Waals surface area contributed by atoms with Crippen molar-refractivity contribution in [2.24, 2.45) is 5.92 Å². The molecule has 0 heterocycles. The highest BCUT2D eigenvalue weighted by atomic mass is 16.6. The Morgan fingerprint density at radius 2 is 1.69 bits per heavy atom. The molecule has 1 aliphatic carbocycles. The zero-order valence-corrected chi connectivity index (χ0v) is 17.3. The van der Waals surface area contributed by atoms with Crippen molar-refractivity contribution >= 4 is 12.0 Å². The van der Waals surface area contributed by atoms with Crippen LogP contribution in [-0.4, -0.2) is 42.9 Å². The maximum atomic E-state index is 12.3. The summed E-state index contributed by atoms with van der Waals surface area (Å²) in [5.74, 6) is 0.425. The second-order valence-electron chi connectivity index (χ2n) is 8.82. The van der Waals surface area contributed by atoms with Gasteiger partial charge in [0, 0.05) is 19.6 Å². The molecule has 0 aromatic heterocycles. The number of carbonyl (C=O) groups is 2. The van der Waals surface area contributed by atoms with E-state index < -0.39 is 17.2 Å². The fraction of sp³-hybridized carbons (Fsp3) is 0.900. The molecule has 0 bridgehead atoms. The van der Waals surface area contributed by atoms with Gasteiger partial charge in [-0.05, 0) is 39.5 Å². The third-order valence-corrected chi connectivity index (χ3v) is 4.38. The van der Waals surface area contributed by atoms with Crippen molar-refractivity contribution in [2.75, 3.05) is 19.8 Å². The molecule has 0 spiro atoms. The Balaban J connectivity index is 2.54. The van der Waals surface area contributed by atoms with E-state index in [0.29, 0.717) is 32.1 Å². The van der Waals surface area contributed by atoms with Crippen molar-refractivity contribution in [2.45, 2.75) is 90.7 Å². The van der Waals surface area contributed by atoms with Gasteiger partial charge in [-0.25, -0.2) is 4.79 Å². The number of rotatable bonds is 8. The Labute approximate surface area is 158 Å². The van der Waals surface area contributed by atoms with E-state index in [4.69, 9.17) is 9.47 Å². The van der Waals surface area contributed by atoms with Gasteiger partial charge in [-0.1, -0.05) is 39.5 Å². The number of ether oxygens (including phenoxy) is 2. The molecule has 2 N–H and O–H groups in total. The van der Waals surface area contributed by atoms with E-state index in [0.717, 1.165) is 38.5 Å². The van der Waals surface area contributed by atoms with E-state index >= 15 is 0 Å². The summed E-state index contributed by atoms with van der Waals surface area (Å²) in [6.07, 6.45) is 6.06. The van der Waals surface area contributed by atoms with E-state index in [2.05, 4.69) is 24.5 Å². The number of nitrogens with one attached hydrogen (secondary N) is 2. The van der Waals surface area contributed by atoms with Gasteiger partial charge in [0.05, 0.1) is 12.1 Å².